The van der Waals surface area contributed by atoms with Crippen molar-refractivity contribution in [3.8, 4) is 0 Å². The van der Waals surface area contributed by atoms with Crippen LogP contribution in [0.2, 0.25) is 0 Å². The summed E-state index contributed by atoms with van der Waals surface area (Å²) in [5.74, 6) is 0.531. The van der Waals surface area contributed by atoms with Crippen LogP contribution in [0, 0.1) is 5.92 Å². The summed E-state index contributed by atoms with van der Waals surface area (Å²) in [4.78, 5) is 13.7. The van der Waals surface area contributed by atoms with E-state index < -0.39 is 5.97 Å². The number of benzene rings is 2. The molecule has 4 rings (SSSR count). The molecule has 2 fully saturated rings. The molecular formula is C22H25NO2. The molecule has 2 aromatic carbocycles. The molecule has 0 aromatic heterocycles. The molecular weight excluding hydrogens is 310 g/mol. The van der Waals surface area contributed by atoms with Crippen molar-refractivity contribution in [2.45, 2.75) is 44.2 Å². The SMILES string of the molecule is O=C(O)c1ccc(CN2CC(c3ccccc3)C3CCCCC32)cc1. The number of nitrogens with zero attached hydrogens (tertiary/aromatic N) is 1. The summed E-state index contributed by atoms with van der Waals surface area (Å²) in [5.41, 5.74) is 3.05. The maximum Gasteiger partial charge on any atom is 0.335 e. The van der Waals surface area contributed by atoms with Crippen molar-refractivity contribution in [1.29, 1.82) is 0 Å². The van der Waals surface area contributed by atoms with Crippen LogP contribution < -0.4 is 0 Å². The summed E-state index contributed by atoms with van der Waals surface area (Å²) in [7, 11) is 0. The van der Waals surface area contributed by atoms with Gasteiger partial charge in [-0.1, -0.05) is 55.3 Å². The third-order valence-corrected chi connectivity index (χ3v) is 6.01. The summed E-state index contributed by atoms with van der Waals surface area (Å²) in [5, 5.41) is 9.06. The molecule has 3 heteroatoms. The molecule has 1 aliphatic heterocycles. The fourth-order valence-electron chi connectivity index (χ4n) is 4.81. The molecule has 1 N–H and O–H groups in total. The zero-order chi connectivity index (χ0) is 17.2. The second kappa shape index (κ2) is 7.01. The molecule has 0 radical (unpaired) electrons. The smallest absolute Gasteiger partial charge is 0.335 e. The van der Waals surface area contributed by atoms with Gasteiger partial charge in [-0.3, -0.25) is 4.90 Å². The number of hydrogen-bond acceptors (Lipinski definition) is 2. The van der Waals surface area contributed by atoms with Crippen LogP contribution in [-0.4, -0.2) is 28.6 Å². The van der Waals surface area contributed by atoms with Crippen LogP contribution in [0.1, 0.15) is 53.1 Å². The fraction of sp³-hybridized carbons (Fsp3) is 0.409. The summed E-state index contributed by atoms with van der Waals surface area (Å²) in [6.07, 6.45) is 5.31. The first-order valence-corrected chi connectivity index (χ1v) is 9.33. The van der Waals surface area contributed by atoms with Crippen LogP contribution >= 0.6 is 0 Å². The van der Waals surface area contributed by atoms with Crippen molar-refractivity contribution in [3.05, 3.63) is 71.3 Å². The molecule has 3 nitrogen and oxygen atoms in total. The molecule has 2 aliphatic rings. The predicted octanol–water partition coefficient (Wildman–Crippen LogP) is 4.54. The summed E-state index contributed by atoms with van der Waals surface area (Å²) < 4.78 is 0. The Hall–Kier alpha value is -2.13. The van der Waals surface area contributed by atoms with Crippen LogP contribution in [-0.2, 0) is 6.54 Å². The Balaban J connectivity index is 1.54. The Labute approximate surface area is 149 Å². The number of carboxylic acids is 1. The molecule has 130 valence electrons. The van der Waals surface area contributed by atoms with Gasteiger partial charge in [0.15, 0.2) is 0 Å². The van der Waals surface area contributed by atoms with E-state index in [9.17, 15) is 4.79 Å². The molecule has 1 saturated heterocycles. The van der Waals surface area contributed by atoms with Gasteiger partial charge in [0.05, 0.1) is 5.56 Å². The molecule has 1 heterocycles. The van der Waals surface area contributed by atoms with Gasteiger partial charge in [0.2, 0.25) is 0 Å². The van der Waals surface area contributed by atoms with E-state index in [4.69, 9.17) is 5.11 Å². The van der Waals surface area contributed by atoms with E-state index in [-0.39, 0.29) is 0 Å². The summed E-state index contributed by atoms with van der Waals surface area (Å²) in [6, 6.07) is 19.0. The van der Waals surface area contributed by atoms with Crippen molar-refractivity contribution in [2.75, 3.05) is 6.54 Å². The highest BCUT2D eigenvalue weighted by atomic mass is 16.4. The zero-order valence-electron chi connectivity index (χ0n) is 14.5. The van der Waals surface area contributed by atoms with E-state index in [2.05, 4.69) is 35.2 Å². The molecule has 0 spiro atoms. The van der Waals surface area contributed by atoms with E-state index in [1.165, 1.54) is 36.8 Å². The number of carbonyl (C=O) groups is 1. The second-order valence-corrected chi connectivity index (χ2v) is 7.46. The van der Waals surface area contributed by atoms with Crippen molar-refractivity contribution in [2.24, 2.45) is 5.92 Å². The number of carboxylic acid groups (broad SMARTS) is 1. The Bertz CT molecular complexity index is 725. The van der Waals surface area contributed by atoms with Gasteiger partial charge in [-0.25, -0.2) is 4.79 Å². The van der Waals surface area contributed by atoms with Crippen LogP contribution in [0.5, 0.6) is 0 Å². The highest BCUT2D eigenvalue weighted by Gasteiger charge is 2.42. The first-order valence-electron chi connectivity index (χ1n) is 9.33. The third kappa shape index (κ3) is 3.34. The van der Waals surface area contributed by atoms with Gasteiger partial charge in [-0.05, 0) is 42.0 Å². The van der Waals surface area contributed by atoms with Crippen molar-refractivity contribution in [1.82, 2.24) is 4.90 Å². The molecule has 3 unspecified atom stereocenters. The van der Waals surface area contributed by atoms with E-state index >= 15 is 0 Å². The maximum absolute atomic E-state index is 11.0. The largest absolute Gasteiger partial charge is 0.478 e. The highest BCUT2D eigenvalue weighted by molar-refractivity contribution is 5.87. The number of fused-ring (bicyclic) bond motifs is 1. The van der Waals surface area contributed by atoms with Gasteiger partial charge in [0.25, 0.3) is 0 Å². The van der Waals surface area contributed by atoms with Crippen molar-refractivity contribution >= 4 is 5.97 Å². The van der Waals surface area contributed by atoms with E-state index in [1.807, 2.05) is 12.1 Å². The zero-order valence-corrected chi connectivity index (χ0v) is 14.5. The van der Waals surface area contributed by atoms with Gasteiger partial charge < -0.3 is 5.11 Å². The third-order valence-electron chi connectivity index (χ3n) is 6.01. The second-order valence-electron chi connectivity index (χ2n) is 7.46. The monoisotopic (exact) mass is 335 g/mol. The van der Waals surface area contributed by atoms with Crippen LogP contribution in [0.15, 0.2) is 54.6 Å². The van der Waals surface area contributed by atoms with Crippen LogP contribution in [0.3, 0.4) is 0 Å². The highest BCUT2D eigenvalue weighted by Crippen LogP contribution is 2.45. The Morgan fingerprint density at radius 2 is 1.72 bits per heavy atom. The van der Waals surface area contributed by atoms with Crippen LogP contribution in [0.4, 0.5) is 0 Å². The minimum Gasteiger partial charge on any atom is -0.478 e. The summed E-state index contributed by atoms with van der Waals surface area (Å²) in [6.45, 7) is 2.03. The quantitative estimate of drug-likeness (QED) is 0.891. The minimum atomic E-state index is -0.857. The molecule has 25 heavy (non-hydrogen) atoms. The maximum atomic E-state index is 11.0. The molecule has 0 bridgehead atoms. The number of aromatic carboxylic acids is 1. The van der Waals surface area contributed by atoms with Gasteiger partial charge in [0, 0.05) is 25.0 Å². The minimum absolute atomic E-state index is 0.364. The topological polar surface area (TPSA) is 40.5 Å². The van der Waals surface area contributed by atoms with Gasteiger partial charge in [-0.15, -0.1) is 0 Å². The standard InChI is InChI=1S/C22H25NO2/c24-22(25)18-12-10-16(11-13-18)14-23-15-20(17-6-2-1-3-7-17)19-8-4-5-9-21(19)23/h1-3,6-7,10-13,19-21H,4-5,8-9,14-15H2,(H,24,25). The summed E-state index contributed by atoms with van der Waals surface area (Å²) >= 11 is 0. The molecule has 3 atom stereocenters. The predicted molar refractivity (Wildman–Crippen MR) is 98.7 cm³/mol. The average molecular weight is 335 g/mol. The average Bonchev–Trinajstić information content (AvgIpc) is 3.02. The molecule has 1 saturated carbocycles. The number of hydrogen-bond donors (Lipinski definition) is 1. The normalized spacial score (nSPS) is 26.3. The van der Waals surface area contributed by atoms with Gasteiger partial charge in [0.1, 0.15) is 0 Å². The first kappa shape index (κ1) is 16.3. The Morgan fingerprint density at radius 1 is 1.00 bits per heavy atom. The lowest BCUT2D eigenvalue weighted by atomic mass is 9.77. The van der Waals surface area contributed by atoms with Gasteiger partial charge >= 0.3 is 5.97 Å². The number of rotatable bonds is 4. The lowest BCUT2D eigenvalue weighted by Gasteiger charge is -2.32. The number of likely N-dealkylation sites (tertiary alicyclic amines) is 1. The molecule has 0 amide bonds. The first-order chi connectivity index (χ1) is 12.2. The van der Waals surface area contributed by atoms with Gasteiger partial charge in [-0.2, -0.15) is 0 Å². The van der Waals surface area contributed by atoms with Crippen molar-refractivity contribution < 1.29 is 9.90 Å². The fourth-order valence-corrected chi connectivity index (χ4v) is 4.81. The lowest BCUT2D eigenvalue weighted by Crippen LogP contribution is -2.34. The van der Waals surface area contributed by atoms with E-state index in [0.29, 0.717) is 17.5 Å². The Morgan fingerprint density at radius 3 is 2.44 bits per heavy atom. The Kier molecular flexibility index (Phi) is 4.58. The van der Waals surface area contributed by atoms with Crippen LogP contribution in [0.25, 0.3) is 0 Å². The molecule has 1 aliphatic carbocycles. The van der Waals surface area contributed by atoms with E-state index in [0.717, 1.165) is 19.0 Å². The van der Waals surface area contributed by atoms with E-state index in [1.54, 1.807) is 12.1 Å². The molecule has 2 aromatic rings. The van der Waals surface area contributed by atoms with Crippen molar-refractivity contribution in [3.63, 3.8) is 0 Å². The lowest BCUT2D eigenvalue weighted by molar-refractivity contribution is 0.0697.